The molecule has 2 heterocycles. The minimum Gasteiger partial charge on any atom is -0.380 e. The average Bonchev–Trinajstić information content (AvgIpc) is 3.01. The number of hydrogen-bond donors (Lipinski definition) is 1. The first kappa shape index (κ1) is 19.3. The van der Waals surface area contributed by atoms with Crippen LogP contribution < -0.4 is 5.32 Å². The van der Waals surface area contributed by atoms with Crippen LogP contribution in [0.5, 0.6) is 0 Å². The van der Waals surface area contributed by atoms with E-state index in [0.717, 1.165) is 30.9 Å². The molecule has 0 saturated carbocycles. The van der Waals surface area contributed by atoms with Crippen LogP contribution in [0.1, 0.15) is 5.56 Å². The molecule has 0 aliphatic carbocycles. The number of likely N-dealkylation sites (N-methyl/N-ethyl adjacent to an activating group) is 1. The van der Waals surface area contributed by atoms with Gasteiger partial charge >= 0.3 is 6.03 Å². The molecule has 1 saturated heterocycles. The number of aromatic nitrogens is 2. The molecule has 7 nitrogen and oxygen atoms in total. The van der Waals surface area contributed by atoms with E-state index in [2.05, 4.69) is 22.4 Å². The number of halogens is 1. The summed E-state index contributed by atoms with van der Waals surface area (Å²) in [5, 5.41) is 7.26. The Kier molecular flexibility index (Phi) is 6.41. The van der Waals surface area contributed by atoms with Crippen molar-refractivity contribution in [3.8, 4) is 5.69 Å². The van der Waals surface area contributed by atoms with Crippen molar-refractivity contribution in [3.63, 3.8) is 0 Å². The Morgan fingerprint density at radius 1 is 1.41 bits per heavy atom. The van der Waals surface area contributed by atoms with Crippen molar-refractivity contribution in [1.82, 2.24) is 24.9 Å². The summed E-state index contributed by atoms with van der Waals surface area (Å²) in [4.78, 5) is 16.2. The molecule has 8 heteroatoms. The van der Waals surface area contributed by atoms with E-state index in [9.17, 15) is 9.18 Å². The number of carbonyl (C=O) groups is 1. The molecule has 1 aromatic heterocycles. The maximum Gasteiger partial charge on any atom is 0.317 e. The van der Waals surface area contributed by atoms with Gasteiger partial charge in [-0.05, 0) is 31.3 Å². The first-order valence-corrected chi connectivity index (χ1v) is 9.06. The van der Waals surface area contributed by atoms with Crippen LogP contribution in [-0.4, -0.2) is 72.6 Å². The molecule has 1 aromatic carbocycles. The van der Waals surface area contributed by atoms with Crippen molar-refractivity contribution in [1.29, 1.82) is 0 Å². The third-order valence-electron chi connectivity index (χ3n) is 4.58. The van der Waals surface area contributed by atoms with Crippen LogP contribution in [0.15, 0.2) is 36.7 Å². The van der Waals surface area contributed by atoms with E-state index in [-0.39, 0.29) is 17.8 Å². The summed E-state index contributed by atoms with van der Waals surface area (Å²) in [6, 6.07) is 5.98. The molecular weight excluding hydrogens is 349 g/mol. The Hall–Kier alpha value is -2.45. The number of rotatable bonds is 5. The Morgan fingerprint density at radius 2 is 2.19 bits per heavy atom. The minimum atomic E-state index is -0.284. The van der Waals surface area contributed by atoms with Gasteiger partial charge in [0.2, 0.25) is 0 Å². The highest BCUT2D eigenvalue weighted by atomic mass is 19.1. The SMILES string of the molecule is CN1CCOCC(CNC(=O)N(C)Cc2cnn(-c3ccc(F)cc3)c2)C1. The molecule has 2 amide bonds. The quantitative estimate of drug-likeness (QED) is 0.865. The third-order valence-corrected chi connectivity index (χ3v) is 4.58. The van der Waals surface area contributed by atoms with Gasteiger partial charge in [-0.1, -0.05) is 0 Å². The van der Waals surface area contributed by atoms with Crippen LogP contribution in [-0.2, 0) is 11.3 Å². The lowest BCUT2D eigenvalue weighted by Gasteiger charge is -2.22. The molecule has 1 aliphatic rings. The van der Waals surface area contributed by atoms with Gasteiger partial charge in [-0.25, -0.2) is 13.9 Å². The van der Waals surface area contributed by atoms with Crippen LogP contribution >= 0.6 is 0 Å². The lowest BCUT2D eigenvalue weighted by Crippen LogP contribution is -2.41. The molecule has 1 unspecified atom stereocenters. The summed E-state index contributed by atoms with van der Waals surface area (Å²) in [5.41, 5.74) is 1.67. The summed E-state index contributed by atoms with van der Waals surface area (Å²) >= 11 is 0. The zero-order valence-electron chi connectivity index (χ0n) is 15.8. The van der Waals surface area contributed by atoms with Crippen LogP contribution in [0.2, 0.25) is 0 Å². The normalized spacial score (nSPS) is 18.1. The van der Waals surface area contributed by atoms with Gasteiger partial charge in [0.25, 0.3) is 0 Å². The molecule has 27 heavy (non-hydrogen) atoms. The molecule has 1 atom stereocenters. The second-order valence-corrected chi connectivity index (χ2v) is 7.01. The van der Waals surface area contributed by atoms with Gasteiger partial charge < -0.3 is 19.9 Å². The fraction of sp³-hybridized carbons (Fsp3) is 0.474. The second-order valence-electron chi connectivity index (χ2n) is 7.01. The van der Waals surface area contributed by atoms with E-state index < -0.39 is 0 Å². The largest absolute Gasteiger partial charge is 0.380 e. The minimum absolute atomic E-state index is 0.128. The first-order chi connectivity index (χ1) is 13.0. The average molecular weight is 375 g/mol. The number of nitrogens with zero attached hydrogens (tertiary/aromatic N) is 4. The number of hydrogen-bond acceptors (Lipinski definition) is 4. The van der Waals surface area contributed by atoms with Gasteiger partial charge in [0.05, 0.1) is 31.6 Å². The smallest absolute Gasteiger partial charge is 0.317 e. The first-order valence-electron chi connectivity index (χ1n) is 9.06. The summed E-state index contributed by atoms with van der Waals surface area (Å²) < 4.78 is 20.3. The van der Waals surface area contributed by atoms with Gasteiger partial charge in [0, 0.05) is 44.4 Å². The number of benzene rings is 1. The molecule has 1 fully saturated rings. The zero-order chi connectivity index (χ0) is 19.2. The van der Waals surface area contributed by atoms with Crippen molar-refractivity contribution in [2.45, 2.75) is 6.54 Å². The standard InChI is InChI=1S/C19H26FN5O2/c1-23-7-8-27-14-16(11-23)9-21-19(26)24(2)12-15-10-22-25(13-15)18-5-3-17(20)4-6-18/h3-6,10,13,16H,7-9,11-12,14H2,1-2H3,(H,21,26). The summed E-state index contributed by atoms with van der Waals surface area (Å²) in [6.45, 7) is 4.25. The van der Waals surface area contributed by atoms with Gasteiger partial charge in [-0.15, -0.1) is 0 Å². The van der Waals surface area contributed by atoms with Crippen molar-refractivity contribution in [2.24, 2.45) is 5.92 Å². The summed E-state index contributed by atoms with van der Waals surface area (Å²) in [7, 11) is 3.81. The van der Waals surface area contributed by atoms with Crippen LogP contribution in [0, 0.1) is 11.7 Å². The molecule has 2 aromatic rings. The van der Waals surface area contributed by atoms with Gasteiger partial charge in [-0.3, -0.25) is 0 Å². The topological polar surface area (TPSA) is 62.6 Å². The van der Waals surface area contributed by atoms with E-state index in [1.165, 1.54) is 12.1 Å². The summed E-state index contributed by atoms with van der Waals surface area (Å²) in [5.74, 6) is 0.00359. The number of amides is 2. The van der Waals surface area contributed by atoms with Gasteiger partial charge in [-0.2, -0.15) is 5.10 Å². The predicted molar refractivity (Wildman–Crippen MR) is 100 cm³/mol. The Morgan fingerprint density at radius 3 is 2.96 bits per heavy atom. The molecule has 0 radical (unpaired) electrons. The maximum absolute atomic E-state index is 13.0. The Balaban J connectivity index is 1.50. The van der Waals surface area contributed by atoms with E-state index in [4.69, 9.17) is 4.74 Å². The molecule has 0 spiro atoms. The number of nitrogens with one attached hydrogen (secondary N) is 1. The molecule has 3 rings (SSSR count). The summed E-state index contributed by atoms with van der Waals surface area (Å²) in [6.07, 6.45) is 3.55. The molecule has 1 aliphatic heterocycles. The molecule has 1 N–H and O–H groups in total. The number of ether oxygens (including phenoxy) is 1. The highest BCUT2D eigenvalue weighted by Crippen LogP contribution is 2.11. The van der Waals surface area contributed by atoms with Crippen molar-refractivity contribution < 1.29 is 13.9 Å². The highest BCUT2D eigenvalue weighted by molar-refractivity contribution is 5.73. The van der Waals surface area contributed by atoms with Crippen LogP contribution in [0.3, 0.4) is 0 Å². The fourth-order valence-corrected chi connectivity index (χ4v) is 3.07. The van der Waals surface area contributed by atoms with Crippen LogP contribution in [0.25, 0.3) is 5.69 Å². The molecular formula is C19H26FN5O2. The second kappa shape index (κ2) is 8.96. The Labute approximate surface area is 158 Å². The van der Waals surface area contributed by atoms with Gasteiger partial charge in [0.1, 0.15) is 5.82 Å². The Bertz CT molecular complexity index is 749. The number of urea groups is 1. The zero-order valence-corrected chi connectivity index (χ0v) is 15.8. The molecule has 146 valence electrons. The van der Waals surface area contributed by atoms with Crippen molar-refractivity contribution in [3.05, 3.63) is 48.0 Å². The number of carbonyl (C=O) groups excluding carboxylic acids is 1. The van der Waals surface area contributed by atoms with Gasteiger partial charge in [0.15, 0.2) is 0 Å². The predicted octanol–water partition coefficient (Wildman–Crippen LogP) is 1.73. The monoisotopic (exact) mass is 375 g/mol. The van der Waals surface area contributed by atoms with Crippen molar-refractivity contribution >= 4 is 6.03 Å². The lowest BCUT2D eigenvalue weighted by molar-refractivity contribution is 0.121. The van der Waals surface area contributed by atoms with E-state index >= 15 is 0 Å². The van der Waals surface area contributed by atoms with Crippen LogP contribution in [0.4, 0.5) is 9.18 Å². The molecule has 0 bridgehead atoms. The van der Waals surface area contributed by atoms with Crippen molar-refractivity contribution in [2.75, 3.05) is 46.9 Å². The maximum atomic E-state index is 13.0. The van der Waals surface area contributed by atoms with E-state index in [1.807, 2.05) is 6.20 Å². The fourth-order valence-electron chi connectivity index (χ4n) is 3.07. The van der Waals surface area contributed by atoms with E-state index in [0.29, 0.717) is 19.7 Å². The highest BCUT2D eigenvalue weighted by Gasteiger charge is 2.18. The van der Waals surface area contributed by atoms with E-state index in [1.54, 1.807) is 35.0 Å². The third kappa shape index (κ3) is 5.51. The lowest BCUT2D eigenvalue weighted by atomic mass is 10.1.